The number of nitrogens with zero attached hydrogens (tertiary/aromatic N) is 1. The van der Waals surface area contributed by atoms with Crippen molar-refractivity contribution in [3.05, 3.63) is 53.4 Å². The first kappa shape index (κ1) is 13.9. The van der Waals surface area contributed by atoms with Gasteiger partial charge in [-0.2, -0.15) is 5.26 Å². The first-order chi connectivity index (χ1) is 8.42. The van der Waals surface area contributed by atoms with Crippen LogP contribution in [0.2, 0.25) is 0 Å². The molecule has 0 saturated heterocycles. The van der Waals surface area contributed by atoms with Crippen molar-refractivity contribution >= 4 is 6.08 Å². The molecule has 1 rings (SSSR count). The van der Waals surface area contributed by atoms with E-state index >= 15 is 0 Å². The third-order valence-corrected chi connectivity index (χ3v) is 2.10. The lowest BCUT2D eigenvalue weighted by atomic mass is 10.1. The summed E-state index contributed by atoms with van der Waals surface area (Å²) < 4.78 is 0. The molecule has 0 aliphatic carbocycles. The first-order valence-corrected chi connectivity index (χ1v) is 5.77. The highest BCUT2D eigenvalue weighted by Gasteiger charge is 2.13. The molecule has 0 atom stereocenters. The molecule has 0 spiro atoms. The predicted molar refractivity (Wildman–Crippen MR) is 73.6 cm³/mol. The van der Waals surface area contributed by atoms with Crippen LogP contribution in [-0.4, -0.2) is 10.6 Å². The third-order valence-electron chi connectivity index (χ3n) is 2.10. The second kappa shape index (κ2) is 5.92. The number of aliphatic hydroxyl groups excluding tert-OH is 1. The van der Waals surface area contributed by atoms with Crippen LogP contribution in [0, 0.1) is 11.3 Å². The average molecular weight is 242 g/mol. The molecule has 0 heterocycles. The van der Waals surface area contributed by atoms with E-state index in [4.69, 9.17) is 5.26 Å². The molecule has 3 heteroatoms. The summed E-state index contributed by atoms with van der Waals surface area (Å²) >= 11 is 0. The van der Waals surface area contributed by atoms with Gasteiger partial charge in [-0.25, -0.2) is 0 Å². The van der Waals surface area contributed by atoms with Gasteiger partial charge >= 0.3 is 0 Å². The normalized spacial score (nSPS) is 13.0. The summed E-state index contributed by atoms with van der Waals surface area (Å²) in [7, 11) is 0. The van der Waals surface area contributed by atoms with E-state index in [9.17, 15) is 5.11 Å². The molecule has 0 saturated carbocycles. The zero-order valence-corrected chi connectivity index (χ0v) is 10.9. The highest BCUT2D eigenvalue weighted by Crippen LogP contribution is 2.09. The Balaban J connectivity index is 2.88. The largest absolute Gasteiger partial charge is 0.505 e. The molecule has 18 heavy (non-hydrogen) atoms. The van der Waals surface area contributed by atoms with Crippen molar-refractivity contribution in [1.29, 1.82) is 5.26 Å². The zero-order chi connectivity index (χ0) is 13.6. The van der Waals surface area contributed by atoms with Crippen molar-refractivity contribution in [1.82, 2.24) is 5.32 Å². The van der Waals surface area contributed by atoms with Crippen molar-refractivity contribution in [3.8, 4) is 6.07 Å². The van der Waals surface area contributed by atoms with Gasteiger partial charge < -0.3 is 10.4 Å². The lowest BCUT2D eigenvalue weighted by Gasteiger charge is -2.21. The van der Waals surface area contributed by atoms with Crippen LogP contribution in [0.4, 0.5) is 0 Å². The number of aliphatic hydroxyl groups is 1. The molecule has 0 bridgehead atoms. The summed E-state index contributed by atoms with van der Waals surface area (Å²) in [6, 6.07) is 11.6. The Labute approximate surface area is 108 Å². The molecule has 0 unspecified atom stereocenters. The quantitative estimate of drug-likeness (QED) is 0.485. The standard InChI is InChI=1S/C15H18N2O/c1-15(2,3)17-13(11-16)14(18)10-9-12-7-5-4-6-8-12/h4-10,17-18H,1-3H3/b10-9+,14-13-. The smallest absolute Gasteiger partial charge is 0.156 e. The Bertz CT molecular complexity index is 487. The number of nitriles is 1. The summed E-state index contributed by atoms with van der Waals surface area (Å²) in [6.45, 7) is 5.79. The fraction of sp³-hybridized carbons (Fsp3) is 0.267. The summed E-state index contributed by atoms with van der Waals surface area (Å²) in [4.78, 5) is 0. The highest BCUT2D eigenvalue weighted by molar-refractivity contribution is 5.52. The maximum absolute atomic E-state index is 9.84. The van der Waals surface area contributed by atoms with E-state index < -0.39 is 0 Å². The number of nitrogens with one attached hydrogen (secondary N) is 1. The monoisotopic (exact) mass is 242 g/mol. The number of hydrogen-bond donors (Lipinski definition) is 2. The molecular formula is C15H18N2O. The second-order valence-corrected chi connectivity index (χ2v) is 4.99. The minimum atomic E-state index is -0.264. The van der Waals surface area contributed by atoms with Crippen LogP contribution in [0.25, 0.3) is 6.08 Å². The van der Waals surface area contributed by atoms with Crippen LogP contribution in [0.3, 0.4) is 0 Å². The van der Waals surface area contributed by atoms with Gasteiger partial charge in [0.05, 0.1) is 0 Å². The fourth-order valence-electron chi connectivity index (χ4n) is 1.35. The van der Waals surface area contributed by atoms with E-state index in [0.29, 0.717) is 0 Å². The van der Waals surface area contributed by atoms with Gasteiger partial charge in [0, 0.05) is 5.54 Å². The van der Waals surface area contributed by atoms with Crippen molar-refractivity contribution < 1.29 is 5.11 Å². The molecule has 2 N–H and O–H groups in total. The lowest BCUT2D eigenvalue weighted by molar-refractivity contribution is 0.404. The van der Waals surface area contributed by atoms with Crippen molar-refractivity contribution in [3.63, 3.8) is 0 Å². The lowest BCUT2D eigenvalue weighted by Crippen LogP contribution is -2.35. The van der Waals surface area contributed by atoms with Gasteiger partial charge in [0.15, 0.2) is 5.70 Å². The maximum Gasteiger partial charge on any atom is 0.156 e. The molecule has 0 fully saturated rings. The number of allylic oxidation sites excluding steroid dienone is 2. The van der Waals surface area contributed by atoms with Gasteiger partial charge in [0.2, 0.25) is 0 Å². The molecule has 0 aliphatic rings. The fourth-order valence-corrected chi connectivity index (χ4v) is 1.35. The summed E-state index contributed by atoms with van der Waals surface area (Å²) in [5, 5.41) is 21.8. The molecule has 3 nitrogen and oxygen atoms in total. The summed E-state index contributed by atoms with van der Waals surface area (Å²) in [5.74, 6) is -0.0590. The van der Waals surface area contributed by atoms with Crippen LogP contribution in [0.15, 0.2) is 47.9 Å². The van der Waals surface area contributed by atoms with Gasteiger partial charge in [0.1, 0.15) is 11.8 Å². The van der Waals surface area contributed by atoms with E-state index in [1.54, 1.807) is 6.08 Å². The van der Waals surface area contributed by atoms with E-state index in [0.717, 1.165) is 5.56 Å². The van der Waals surface area contributed by atoms with Gasteiger partial charge in [-0.15, -0.1) is 0 Å². The third kappa shape index (κ3) is 4.75. The van der Waals surface area contributed by atoms with Crippen LogP contribution in [0.5, 0.6) is 0 Å². The van der Waals surface area contributed by atoms with E-state index in [2.05, 4.69) is 5.32 Å². The van der Waals surface area contributed by atoms with Gasteiger partial charge in [-0.05, 0) is 32.4 Å². The Morgan fingerprint density at radius 3 is 2.39 bits per heavy atom. The zero-order valence-electron chi connectivity index (χ0n) is 10.9. The van der Waals surface area contributed by atoms with Gasteiger partial charge in [-0.1, -0.05) is 36.4 Å². The highest BCUT2D eigenvalue weighted by atomic mass is 16.3. The minimum Gasteiger partial charge on any atom is -0.505 e. The van der Waals surface area contributed by atoms with Crippen LogP contribution < -0.4 is 5.32 Å². The number of hydrogen-bond acceptors (Lipinski definition) is 3. The number of benzene rings is 1. The minimum absolute atomic E-state index is 0.0590. The molecule has 0 aromatic heterocycles. The Morgan fingerprint density at radius 2 is 1.89 bits per heavy atom. The maximum atomic E-state index is 9.84. The average Bonchev–Trinajstić information content (AvgIpc) is 2.33. The van der Waals surface area contributed by atoms with E-state index in [1.807, 2.05) is 57.2 Å². The topological polar surface area (TPSA) is 56.0 Å². The summed E-state index contributed by atoms with van der Waals surface area (Å²) in [5.41, 5.74) is 0.881. The van der Waals surface area contributed by atoms with Crippen molar-refractivity contribution in [2.45, 2.75) is 26.3 Å². The SMILES string of the molecule is CC(C)(C)N/C(C#N)=C(O)/C=C/c1ccccc1. The molecular weight excluding hydrogens is 224 g/mol. The molecule has 0 amide bonds. The van der Waals surface area contributed by atoms with Crippen LogP contribution in [0.1, 0.15) is 26.3 Å². The van der Waals surface area contributed by atoms with Crippen LogP contribution in [-0.2, 0) is 0 Å². The molecule has 0 aliphatic heterocycles. The van der Waals surface area contributed by atoms with Gasteiger partial charge in [0.25, 0.3) is 0 Å². The van der Waals surface area contributed by atoms with E-state index in [-0.39, 0.29) is 17.0 Å². The molecule has 1 aromatic carbocycles. The Morgan fingerprint density at radius 1 is 1.28 bits per heavy atom. The van der Waals surface area contributed by atoms with Crippen LogP contribution >= 0.6 is 0 Å². The molecule has 94 valence electrons. The van der Waals surface area contributed by atoms with Gasteiger partial charge in [-0.3, -0.25) is 0 Å². The Hall–Kier alpha value is -2.21. The first-order valence-electron chi connectivity index (χ1n) is 5.77. The van der Waals surface area contributed by atoms with Crippen molar-refractivity contribution in [2.75, 3.05) is 0 Å². The van der Waals surface area contributed by atoms with E-state index in [1.165, 1.54) is 6.08 Å². The molecule has 0 radical (unpaired) electrons. The summed E-state index contributed by atoms with van der Waals surface area (Å²) in [6.07, 6.45) is 3.28. The molecule has 1 aromatic rings. The number of rotatable bonds is 3. The van der Waals surface area contributed by atoms with Crippen molar-refractivity contribution in [2.24, 2.45) is 0 Å². The predicted octanol–water partition coefficient (Wildman–Crippen LogP) is 3.38. The second-order valence-electron chi connectivity index (χ2n) is 4.99. The Kier molecular flexibility index (Phi) is 4.56.